The lowest BCUT2D eigenvalue weighted by Gasteiger charge is -2.14. The van der Waals surface area contributed by atoms with Crippen molar-refractivity contribution in [2.75, 3.05) is 19.4 Å². The van der Waals surface area contributed by atoms with Crippen LogP contribution in [0, 0.1) is 18.6 Å². The molecule has 0 spiro atoms. The number of aryl methyl sites for hydroxylation is 1. The zero-order valence-corrected chi connectivity index (χ0v) is 20.5. The molecule has 1 saturated carbocycles. The Kier molecular flexibility index (Phi) is 6.38. The van der Waals surface area contributed by atoms with Gasteiger partial charge in [-0.25, -0.2) is 28.4 Å². The third-order valence-corrected chi connectivity index (χ3v) is 5.98. The van der Waals surface area contributed by atoms with Crippen molar-refractivity contribution >= 4 is 34.8 Å². The summed E-state index contributed by atoms with van der Waals surface area (Å²) in [6.07, 6.45) is 3.51. The second-order valence-corrected chi connectivity index (χ2v) is 9.27. The number of carbonyl (C=O) groups excluding carboxylic acids is 1. The number of anilines is 1. The molecule has 4 aromatic rings. The summed E-state index contributed by atoms with van der Waals surface area (Å²) in [5.74, 6) is -1.74. The molecule has 1 unspecified atom stereocenters. The van der Waals surface area contributed by atoms with E-state index in [0.717, 1.165) is 47.4 Å². The van der Waals surface area contributed by atoms with Gasteiger partial charge in [-0.3, -0.25) is 4.79 Å². The standard InChI is InChI=1S/C26H25F2N7O2/c1-14-8-19(32-26(37)24(36)16-9-17(27)11-18(28)10-16)6-7-20(14)35-23-22(21(33-35)15-4-5-15)29-12-30-25(23)31-13-34(2)3/h6-13,15,24,36H,4-5H2,1-3H3,(H,32,37)/b31-13+. The van der Waals surface area contributed by atoms with Crippen LogP contribution in [0.3, 0.4) is 0 Å². The highest BCUT2D eigenvalue weighted by molar-refractivity contribution is 5.95. The Morgan fingerprint density at radius 2 is 1.92 bits per heavy atom. The molecule has 2 aromatic heterocycles. The van der Waals surface area contributed by atoms with Gasteiger partial charge in [0.2, 0.25) is 0 Å². The van der Waals surface area contributed by atoms with Crippen LogP contribution in [0.25, 0.3) is 16.7 Å². The highest BCUT2D eigenvalue weighted by Crippen LogP contribution is 2.43. The van der Waals surface area contributed by atoms with E-state index in [1.54, 1.807) is 29.2 Å². The van der Waals surface area contributed by atoms with Crippen molar-refractivity contribution < 1.29 is 18.7 Å². The van der Waals surface area contributed by atoms with Crippen LogP contribution < -0.4 is 5.32 Å². The molecule has 37 heavy (non-hydrogen) atoms. The lowest BCUT2D eigenvalue weighted by molar-refractivity contribution is -0.124. The van der Waals surface area contributed by atoms with Gasteiger partial charge in [0, 0.05) is 31.8 Å². The maximum absolute atomic E-state index is 13.5. The molecule has 0 aliphatic heterocycles. The molecular weight excluding hydrogens is 480 g/mol. The second-order valence-electron chi connectivity index (χ2n) is 9.27. The number of halogens is 2. The summed E-state index contributed by atoms with van der Waals surface area (Å²) in [5, 5.41) is 17.8. The predicted molar refractivity (Wildman–Crippen MR) is 135 cm³/mol. The van der Waals surface area contributed by atoms with E-state index in [1.807, 2.05) is 25.9 Å². The van der Waals surface area contributed by atoms with Gasteiger partial charge in [-0.15, -0.1) is 0 Å². The number of nitrogens with one attached hydrogen (secondary N) is 1. The molecule has 5 rings (SSSR count). The summed E-state index contributed by atoms with van der Waals surface area (Å²) >= 11 is 0. The monoisotopic (exact) mass is 505 g/mol. The zero-order chi connectivity index (χ0) is 26.3. The Balaban J connectivity index is 1.48. The van der Waals surface area contributed by atoms with Gasteiger partial charge in [0.15, 0.2) is 11.9 Å². The van der Waals surface area contributed by atoms with Crippen LogP contribution in [-0.2, 0) is 4.79 Å². The number of hydrogen-bond donors (Lipinski definition) is 2. The molecule has 11 heteroatoms. The number of rotatable bonds is 7. The summed E-state index contributed by atoms with van der Waals surface area (Å²) in [7, 11) is 3.74. The first-order valence-corrected chi connectivity index (χ1v) is 11.7. The second kappa shape index (κ2) is 9.66. The van der Waals surface area contributed by atoms with Gasteiger partial charge in [-0.2, -0.15) is 5.10 Å². The molecule has 0 bridgehead atoms. The van der Waals surface area contributed by atoms with Crippen LogP contribution in [0.15, 0.2) is 47.7 Å². The van der Waals surface area contributed by atoms with E-state index in [9.17, 15) is 18.7 Å². The van der Waals surface area contributed by atoms with E-state index in [0.29, 0.717) is 29.0 Å². The van der Waals surface area contributed by atoms with E-state index in [-0.39, 0.29) is 5.56 Å². The zero-order valence-electron chi connectivity index (χ0n) is 20.5. The number of nitrogens with zero attached hydrogens (tertiary/aromatic N) is 6. The Bertz CT molecular complexity index is 1510. The number of aliphatic hydroxyl groups excluding tert-OH is 1. The lowest BCUT2D eigenvalue weighted by Crippen LogP contribution is -2.21. The smallest absolute Gasteiger partial charge is 0.257 e. The van der Waals surface area contributed by atoms with E-state index >= 15 is 0 Å². The molecule has 1 fully saturated rings. The van der Waals surface area contributed by atoms with Crippen molar-refractivity contribution in [1.29, 1.82) is 0 Å². The fourth-order valence-corrected chi connectivity index (χ4v) is 4.09. The van der Waals surface area contributed by atoms with Gasteiger partial charge in [-0.05, 0) is 61.2 Å². The van der Waals surface area contributed by atoms with Crippen molar-refractivity contribution in [2.45, 2.75) is 31.8 Å². The number of aliphatic imine (C=N–C) groups is 1. The first-order chi connectivity index (χ1) is 17.7. The minimum atomic E-state index is -1.74. The summed E-state index contributed by atoms with van der Waals surface area (Å²) in [4.78, 5) is 27.8. The van der Waals surface area contributed by atoms with E-state index in [2.05, 4.69) is 20.3 Å². The summed E-state index contributed by atoms with van der Waals surface area (Å²) in [6, 6.07) is 7.68. The molecule has 1 aliphatic rings. The Labute approximate surface area is 211 Å². The first-order valence-electron chi connectivity index (χ1n) is 11.7. The van der Waals surface area contributed by atoms with Gasteiger partial charge in [0.25, 0.3) is 5.91 Å². The molecule has 2 heterocycles. The Morgan fingerprint density at radius 1 is 1.19 bits per heavy atom. The van der Waals surface area contributed by atoms with Crippen LogP contribution in [0.2, 0.25) is 0 Å². The molecule has 2 aromatic carbocycles. The maximum atomic E-state index is 13.5. The van der Waals surface area contributed by atoms with Crippen LogP contribution in [0.5, 0.6) is 0 Å². The van der Waals surface area contributed by atoms with Crippen LogP contribution >= 0.6 is 0 Å². The Hall–Kier alpha value is -4.25. The predicted octanol–water partition coefficient (Wildman–Crippen LogP) is 4.17. The van der Waals surface area contributed by atoms with Gasteiger partial charge in [-0.1, -0.05) is 0 Å². The van der Waals surface area contributed by atoms with Crippen molar-refractivity contribution in [3.63, 3.8) is 0 Å². The third-order valence-electron chi connectivity index (χ3n) is 5.98. The number of amides is 1. The molecule has 0 radical (unpaired) electrons. The number of hydrogen-bond acceptors (Lipinski definition) is 6. The summed E-state index contributed by atoms with van der Waals surface area (Å²) in [6.45, 7) is 1.86. The molecule has 0 saturated heterocycles. The molecule has 1 amide bonds. The fraction of sp³-hybridized carbons (Fsp3) is 0.269. The van der Waals surface area contributed by atoms with Crippen molar-refractivity contribution in [3.8, 4) is 5.69 Å². The van der Waals surface area contributed by atoms with E-state index < -0.39 is 23.6 Å². The molecule has 1 aliphatic carbocycles. The third kappa shape index (κ3) is 5.03. The van der Waals surface area contributed by atoms with Gasteiger partial charge in [0.05, 0.1) is 17.7 Å². The summed E-state index contributed by atoms with van der Waals surface area (Å²) < 4.78 is 28.8. The first kappa shape index (κ1) is 24.4. The largest absolute Gasteiger partial charge is 0.378 e. The van der Waals surface area contributed by atoms with E-state index in [1.165, 1.54) is 6.33 Å². The molecular formula is C26H25F2N7O2. The maximum Gasteiger partial charge on any atom is 0.257 e. The number of fused-ring (bicyclic) bond motifs is 1. The van der Waals surface area contributed by atoms with Gasteiger partial charge >= 0.3 is 0 Å². The topological polar surface area (TPSA) is 109 Å². The molecule has 1 atom stereocenters. The normalized spacial score (nSPS) is 14.3. The van der Waals surface area contributed by atoms with Crippen LogP contribution in [0.1, 0.15) is 41.7 Å². The molecule has 2 N–H and O–H groups in total. The number of carbonyl (C=O) groups is 1. The number of aliphatic hydroxyl groups is 1. The average molecular weight is 506 g/mol. The van der Waals surface area contributed by atoms with Gasteiger partial charge in [0.1, 0.15) is 29.0 Å². The van der Waals surface area contributed by atoms with Crippen molar-refractivity contribution in [1.82, 2.24) is 24.6 Å². The SMILES string of the molecule is Cc1cc(NC(=O)C(O)c2cc(F)cc(F)c2)ccc1-n1nc(C2CC2)c2ncnc(/N=C/N(C)C)c21. The number of aromatic nitrogens is 4. The summed E-state index contributed by atoms with van der Waals surface area (Å²) in [5.41, 5.74) is 4.10. The number of benzene rings is 2. The highest BCUT2D eigenvalue weighted by atomic mass is 19.1. The highest BCUT2D eigenvalue weighted by Gasteiger charge is 2.31. The van der Waals surface area contributed by atoms with Crippen LogP contribution in [0.4, 0.5) is 20.3 Å². The quantitative estimate of drug-likeness (QED) is 0.288. The minimum Gasteiger partial charge on any atom is -0.378 e. The van der Waals surface area contributed by atoms with E-state index in [4.69, 9.17) is 5.10 Å². The molecule has 190 valence electrons. The van der Waals surface area contributed by atoms with Crippen molar-refractivity contribution in [3.05, 3.63) is 71.2 Å². The van der Waals surface area contributed by atoms with Gasteiger partial charge < -0.3 is 15.3 Å². The average Bonchev–Trinajstić information content (AvgIpc) is 3.62. The van der Waals surface area contributed by atoms with Crippen LogP contribution in [-0.4, -0.2) is 56.1 Å². The fourth-order valence-electron chi connectivity index (χ4n) is 4.09. The lowest BCUT2D eigenvalue weighted by atomic mass is 10.1. The molecule has 9 nitrogen and oxygen atoms in total. The van der Waals surface area contributed by atoms with Crippen molar-refractivity contribution in [2.24, 2.45) is 4.99 Å². The Morgan fingerprint density at radius 3 is 2.57 bits per heavy atom. The minimum absolute atomic E-state index is 0.176.